The van der Waals surface area contributed by atoms with Crippen molar-refractivity contribution >= 4 is 28.3 Å². The number of para-hydroxylation sites is 2. The van der Waals surface area contributed by atoms with E-state index in [0.717, 1.165) is 53.8 Å². The highest BCUT2D eigenvalue weighted by Crippen LogP contribution is 2.32. The molecule has 1 atom stereocenters. The highest BCUT2D eigenvalue weighted by molar-refractivity contribution is 7.08. The average Bonchev–Trinajstić information content (AvgIpc) is 3.20. The van der Waals surface area contributed by atoms with Crippen LogP contribution in [0.5, 0.6) is 0 Å². The summed E-state index contributed by atoms with van der Waals surface area (Å²) in [5, 5.41) is 4.00. The molecule has 0 aliphatic carbocycles. The Labute approximate surface area is 139 Å². The summed E-state index contributed by atoms with van der Waals surface area (Å²) in [5.74, 6) is 1.04. The first-order valence-corrected chi connectivity index (χ1v) is 8.97. The van der Waals surface area contributed by atoms with Gasteiger partial charge in [-0.2, -0.15) is 11.3 Å². The van der Waals surface area contributed by atoms with Crippen molar-refractivity contribution in [3.63, 3.8) is 0 Å². The number of thiophene rings is 1. The molecule has 1 saturated heterocycles. The molecule has 4 nitrogen and oxygen atoms in total. The van der Waals surface area contributed by atoms with Crippen LogP contribution in [0.2, 0.25) is 0 Å². The van der Waals surface area contributed by atoms with E-state index in [1.165, 1.54) is 0 Å². The molecule has 4 rings (SSSR count). The number of aryl methyl sites for hydroxylation is 1. The SMILES string of the molecule is Cc1cscc1C(=O)N1CCCCC1c1nc2ccccc2[nH]1. The molecule has 1 fully saturated rings. The van der Waals surface area contributed by atoms with Crippen molar-refractivity contribution in [3.05, 3.63) is 52.0 Å². The molecule has 1 aromatic carbocycles. The molecule has 0 spiro atoms. The minimum Gasteiger partial charge on any atom is -0.340 e. The number of aromatic amines is 1. The van der Waals surface area contributed by atoms with Crippen molar-refractivity contribution in [1.29, 1.82) is 0 Å². The predicted molar refractivity (Wildman–Crippen MR) is 92.8 cm³/mol. The topological polar surface area (TPSA) is 49.0 Å². The normalized spacial score (nSPS) is 18.5. The minimum atomic E-state index is 0.0444. The number of imidazole rings is 1. The van der Waals surface area contributed by atoms with E-state index in [9.17, 15) is 4.79 Å². The average molecular weight is 325 g/mol. The number of aromatic nitrogens is 2. The summed E-state index contributed by atoms with van der Waals surface area (Å²) in [6, 6.07) is 8.08. The van der Waals surface area contributed by atoms with Gasteiger partial charge in [-0.15, -0.1) is 0 Å². The van der Waals surface area contributed by atoms with E-state index in [1.54, 1.807) is 11.3 Å². The number of H-pyrrole nitrogens is 1. The fourth-order valence-electron chi connectivity index (χ4n) is 3.32. The van der Waals surface area contributed by atoms with E-state index in [2.05, 4.69) is 4.98 Å². The summed E-state index contributed by atoms with van der Waals surface area (Å²) in [6.07, 6.45) is 3.16. The van der Waals surface area contributed by atoms with Gasteiger partial charge in [-0.25, -0.2) is 4.98 Å². The van der Waals surface area contributed by atoms with Crippen LogP contribution in [0, 0.1) is 6.92 Å². The van der Waals surface area contributed by atoms with E-state index in [4.69, 9.17) is 4.98 Å². The Morgan fingerprint density at radius 3 is 2.96 bits per heavy atom. The van der Waals surface area contributed by atoms with E-state index in [1.807, 2.05) is 46.8 Å². The number of piperidine rings is 1. The molecule has 0 bridgehead atoms. The highest BCUT2D eigenvalue weighted by atomic mass is 32.1. The van der Waals surface area contributed by atoms with Crippen molar-refractivity contribution < 1.29 is 4.79 Å². The number of likely N-dealkylation sites (tertiary alicyclic amines) is 1. The van der Waals surface area contributed by atoms with Gasteiger partial charge in [0, 0.05) is 11.9 Å². The maximum absolute atomic E-state index is 13.0. The largest absolute Gasteiger partial charge is 0.340 e. The van der Waals surface area contributed by atoms with E-state index < -0.39 is 0 Å². The van der Waals surface area contributed by atoms with E-state index >= 15 is 0 Å². The van der Waals surface area contributed by atoms with Crippen LogP contribution >= 0.6 is 11.3 Å². The number of rotatable bonds is 2. The van der Waals surface area contributed by atoms with Gasteiger partial charge in [-0.3, -0.25) is 4.79 Å². The maximum atomic E-state index is 13.0. The van der Waals surface area contributed by atoms with Crippen LogP contribution in [-0.2, 0) is 0 Å². The Hall–Kier alpha value is -2.14. The molecule has 1 aliphatic rings. The number of hydrogen-bond acceptors (Lipinski definition) is 3. The number of nitrogens with one attached hydrogen (secondary N) is 1. The number of carbonyl (C=O) groups excluding carboxylic acids is 1. The van der Waals surface area contributed by atoms with E-state index in [-0.39, 0.29) is 11.9 Å². The van der Waals surface area contributed by atoms with Gasteiger partial charge in [0.05, 0.1) is 22.6 Å². The number of nitrogens with zero attached hydrogens (tertiary/aromatic N) is 2. The Balaban J connectivity index is 1.70. The molecule has 3 aromatic rings. The second-order valence-electron chi connectivity index (χ2n) is 6.12. The standard InChI is InChI=1S/C18H19N3OS/c1-12-10-23-11-13(12)18(22)21-9-5-4-8-16(21)17-19-14-6-2-3-7-15(14)20-17/h2-3,6-7,10-11,16H,4-5,8-9H2,1H3,(H,19,20). The molecular weight excluding hydrogens is 306 g/mol. The lowest BCUT2D eigenvalue weighted by atomic mass is 10.00. The molecular formula is C18H19N3OS. The van der Waals surface area contributed by atoms with Crippen molar-refractivity contribution in [2.45, 2.75) is 32.2 Å². The zero-order valence-corrected chi connectivity index (χ0v) is 13.9. The molecule has 2 aromatic heterocycles. The van der Waals surface area contributed by atoms with Gasteiger partial charge >= 0.3 is 0 Å². The number of amides is 1. The van der Waals surface area contributed by atoms with Gasteiger partial charge < -0.3 is 9.88 Å². The van der Waals surface area contributed by atoms with Crippen molar-refractivity contribution in [2.24, 2.45) is 0 Å². The molecule has 1 unspecified atom stereocenters. The van der Waals surface area contributed by atoms with Crippen molar-refractivity contribution in [3.8, 4) is 0 Å². The second-order valence-corrected chi connectivity index (χ2v) is 6.86. The summed E-state index contributed by atoms with van der Waals surface area (Å²) >= 11 is 1.59. The van der Waals surface area contributed by atoms with Gasteiger partial charge in [0.1, 0.15) is 5.82 Å². The molecule has 23 heavy (non-hydrogen) atoms. The number of fused-ring (bicyclic) bond motifs is 1. The third-order valence-electron chi connectivity index (χ3n) is 4.57. The van der Waals surface area contributed by atoms with Gasteiger partial charge in [0.15, 0.2) is 0 Å². The Morgan fingerprint density at radius 2 is 2.17 bits per heavy atom. The number of hydrogen-bond donors (Lipinski definition) is 1. The highest BCUT2D eigenvalue weighted by Gasteiger charge is 2.31. The van der Waals surface area contributed by atoms with Gasteiger partial charge in [-0.1, -0.05) is 12.1 Å². The summed E-state index contributed by atoms with van der Waals surface area (Å²) in [4.78, 5) is 23.1. The quantitative estimate of drug-likeness (QED) is 0.763. The Bertz CT molecular complexity index is 818. The van der Waals surface area contributed by atoms with Gasteiger partial charge in [0.25, 0.3) is 5.91 Å². The zero-order valence-electron chi connectivity index (χ0n) is 13.1. The lowest BCUT2D eigenvalue weighted by molar-refractivity contribution is 0.0601. The summed E-state index contributed by atoms with van der Waals surface area (Å²) in [6.45, 7) is 2.81. The molecule has 0 saturated carbocycles. The first-order valence-electron chi connectivity index (χ1n) is 8.02. The molecule has 3 heterocycles. The summed E-state index contributed by atoms with van der Waals surface area (Å²) in [5.41, 5.74) is 3.89. The lowest BCUT2D eigenvalue weighted by Crippen LogP contribution is -2.39. The van der Waals surface area contributed by atoms with Crippen LogP contribution < -0.4 is 0 Å². The smallest absolute Gasteiger partial charge is 0.255 e. The third kappa shape index (κ3) is 2.55. The first-order chi connectivity index (χ1) is 11.2. The van der Waals surface area contributed by atoms with Gasteiger partial charge in [0.2, 0.25) is 0 Å². The van der Waals surface area contributed by atoms with Crippen molar-refractivity contribution in [2.75, 3.05) is 6.54 Å². The third-order valence-corrected chi connectivity index (χ3v) is 5.43. The summed E-state index contributed by atoms with van der Waals surface area (Å²) in [7, 11) is 0. The maximum Gasteiger partial charge on any atom is 0.255 e. The fourth-order valence-corrected chi connectivity index (χ4v) is 4.15. The monoisotopic (exact) mass is 325 g/mol. The lowest BCUT2D eigenvalue weighted by Gasteiger charge is -2.34. The molecule has 0 radical (unpaired) electrons. The van der Waals surface area contributed by atoms with Crippen LogP contribution in [0.1, 0.15) is 47.1 Å². The molecule has 1 amide bonds. The minimum absolute atomic E-state index is 0.0444. The molecule has 5 heteroatoms. The molecule has 118 valence electrons. The van der Waals surface area contributed by atoms with Gasteiger partial charge in [-0.05, 0) is 49.3 Å². The van der Waals surface area contributed by atoms with Crippen LogP contribution in [0.25, 0.3) is 11.0 Å². The Kier molecular flexibility index (Phi) is 3.65. The number of carbonyl (C=O) groups is 1. The Morgan fingerprint density at radius 1 is 1.30 bits per heavy atom. The second kappa shape index (κ2) is 5.81. The first kappa shape index (κ1) is 14.5. The van der Waals surface area contributed by atoms with Crippen LogP contribution in [0.15, 0.2) is 35.0 Å². The molecule has 1 aliphatic heterocycles. The van der Waals surface area contributed by atoms with Crippen LogP contribution in [-0.4, -0.2) is 27.3 Å². The summed E-state index contributed by atoms with van der Waals surface area (Å²) < 4.78 is 0. The number of benzene rings is 1. The van der Waals surface area contributed by atoms with Crippen molar-refractivity contribution in [1.82, 2.24) is 14.9 Å². The fraction of sp³-hybridized carbons (Fsp3) is 0.333. The molecule has 1 N–H and O–H groups in total. The predicted octanol–water partition coefficient (Wildman–Crippen LogP) is 4.30. The van der Waals surface area contributed by atoms with Crippen LogP contribution in [0.3, 0.4) is 0 Å². The zero-order chi connectivity index (χ0) is 15.8. The van der Waals surface area contributed by atoms with Crippen LogP contribution in [0.4, 0.5) is 0 Å². The van der Waals surface area contributed by atoms with E-state index in [0.29, 0.717) is 0 Å².